The number of amides is 1. The van der Waals surface area contributed by atoms with Gasteiger partial charge in [0.1, 0.15) is 0 Å². The predicted molar refractivity (Wildman–Crippen MR) is 78.8 cm³/mol. The van der Waals surface area contributed by atoms with Crippen LogP contribution >= 0.6 is 0 Å². The number of nitrogens with one attached hydrogen (secondary N) is 1. The maximum absolute atomic E-state index is 13.2. The molecule has 1 saturated carbocycles. The van der Waals surface area contributed by atoms with Gasteiger partial charge in [0.15, 0.2) is 23.1 Å². The van der Waals surface area contributed by atoms with E-state index in [1.165, 1.54) is 18.2 Å². The number of aromatic hydroxyl groups is 2. The summed E-state index contributed by atoms with van der Waals surface area (Å²) in [5.74, 6) is -2.81. The van der Waals surface area contributed by atoms with Gasteiger partial charge in [-0.25, -0.2) is 8.78 Å². The van der Waals surface area contributed by atoms with Crippen molar-refractivity contribution < 1.29 is 23.8 Å². The summed E-state index contributed by atoms with van der Waals surface area (Å²) < 4.78 is 26.1. The van der Waals surface area contributed by atoms with E-state index < -0.39 is 11.6 Å². The van der Waals surface area contributed by atoms with Crippen LogP contribution in [0.5, 0.6) is 11.5 Å². The lowest BCUT2D eigenvalue weighted by molar-refractivity contribution is -0.122. The summed E-state index contributed by atoms with van der Waals surface area (Å²) in [6.45, 7) is 0.216. The van der Waals surface area contributed by atoms with E-state index in [2.05, 4.69) is 5.32 Å². The molecule has 0 saturated heterocycles. The number of hydrogen-bond donors (Lipinski definition) is 3. The van der Waals surface area contributed by atoms with Crippen molar-refractivity contribution in [3.63, 3.8) is 0 Å². The van der Waals surface area contributed by atoms with Crippen LogP contribution in [0.15, 0.2) is 36.4 Å². The summed E-state index contributed by atoms with van der Waals surface area (Å²) in [5.41, 5.74) is 1.27. The van der Waals surface area contributed by atoms with E-state index >= 15 is 0 Å². The van der Waals surface area contributed by atoms with Crippen LogP contribution in [0.1, 0.15) is 23.5 Å². The zero-order chi connectivity index (χ0) is 16.6. The van der Waals surface area contributed by atoms with Crippen LogP contribution in [-0.2, 0) is 11.3 Å². The molecule has 0 radical (unpaired) electrons. The van der Waals surface area contributed by atoms with Crippen molar-refractivity contribution in [1.82, 2.24) is 5.32 Å². The number of carbonyl (C=O) groups excluding carboxylic acids is 1. The molecular formula is C17H15F2NO3. The Balaban J connectivity index is 1.57. The van der Waals surface area contributed by atoms with Gasteiger partial charge in [0.25, 0.3) is 0 Å². The first-order valence-corrected chi connectivity index (χ1v) is 7.19. The number of hydrogen-bond acceptors (Lipinski definition) is 3. The Morgan fingerprint density at radius 3 is 2.57 bits per heavy atom. The first-order chi connectivity index (χ1) is 11.0. The fraction of sp³-hybridized carbons (Fsp3) is 0.235. The second-order valence-electron chi connectivity index (χ2n) is 5.66. The van der Waals surface area contributed by atoms with Gasteiger partial charge in [0.05, 0.1) is 0 Å². The molecule has 0 bridgehead atoms. The Morgan fingerprint density at radius 2 is 1.87 bits per heavy atom. The lowest BCUT2D eigenvalue weighted by atomic mass is 10.1. The van der Waals surface area contributed by atoms with E-state index in [1.54, 1.807) is 6.07 Å². The molecule has 120 valence electrons. The molecule has 1 fully saturated rings. The molecule has 3 N–H and O–H groups in total. The van der Waals surface area contributed by atoms with Crippen molar-refractivity contribution in [2.24, 2.45) is 5.92 Å². The molecule has 0 spiro atoms. The largest absolute Gasteiger partial charge is 0.504 e. The molecule has 6 heteroatoms. The minimum Gasteiger partial charge on any atom is -0.504 e. The predicted octanol–water partition coefficient (Wildman–Crippen LogP) is 2.80. The van der Waals surface area contributed by atoms with E-state index in [1.807, 2.05) is 0 Å². The lowest BCUT2D eigenvalue weighted by Gasteiger charge is -2.07. The molecule has 1 aliphatic rings. The molecule has 2 aromatic carbocycles. The SMILES string of the molecule is O=C(NCc1ccc(O)c(O)c1)[C@H]1C[C@@H]1c1ccc(F)c(F)c1. The molecule has 2 atom stereocenters. The minimum atomic E-state index is -0.909. The van der Waals surface area contributed by atoms with Gasteiger partial charge in [-0.2, -0.15) is 0 Å². The van der Waals surface area contributed by atoms with Crippen LogP contribution in [0.3, 0.4) is 0 Å². The maximum atomic E-state index is 13.2. The maximum Gasteiger partial charge on any atom is 0.224 e. The summed E-state index contributed by atoms with van der Waals surface area (Å²) >= 11 is 0. The topological polar surface area (TPSA) is 69.6 Å². The smallest absolute Gasteiger partial charge is 0.224 e. The van der Waals surface area contributed by atoms with Gasteiger partial charge < -0.3 is 15.5 Å². The van der Waals surface area contributed by atoms with Gasteiger partial charge >= 0.3 is 0 Å². The first kappa shape index (κ1) is 15.3. The Morgan fingerprint density at radius 1 is 1.09 bits per heavy atom. The quantitative estimate of drug-likeness (QED) is 0.759. The Labute approximate surface area is 131 Å². The Hall–Kier alpha value is -2.63. The van der Waals surface area contributed by atoms with Gasteiger partial charge in [-0.1, -0.05) is 12.1 Å². The van der Waals surface area contributed by atoms with E-state index in [9.17, 15) is 23.8 Å². The zero-order valence-corrected chi connectivity index (χ0v) is 12.1. The standard InChI is InChI=1S/C17H15F2NO3/c18-13-3-2-10(6-14(13)19)11-7-12(11)17(23)20-8-9-1-4-15(21)16(22)5-9/h1-6,11-12,21-22H,7-8H2,(H,20,23)/t11-,12+/m1/s1. The van der Waals surface area contributed by atoms with Crippen LogP contribution in [0.4, 0.5) is 8.78 Å². The van der Waals surface area contributed by atoms with Crippen molar-refractivity contribution in [3.8, 4) is 11.5 Å². The van der Waals surface area contributed by atoms with Gasteiger partial charge in [0, 0.05) is 12.5 Å². The monoisotopic (exact) mass is 319 g/mol. The van der Waals surface area contributed by atoms with E-state index in [-0.39, 0.29) is 35.8 Å². The molecule has 0 aliphatic heterocycles. The molecule has 3 rings (SSSR count). The third-order valence-corrected chi connectivity index (χ3v) is 4.01. The number of halogens is 2. The fourth-order valence-electron chi connectivity index (χ4n) is 2.60. The van der Waals surface area contributed by atoms with Gasteiger partial charge in [-0.05, 0) is 47.7 Å². The average molecular weight is 319 g/mol. The zero-order valence-electron chi connectivity index (χ0n) is 12.1. The Kier molecular flexibility index (Phi) is 3.90. The molecule has 0 aromatic heterocycles. The third kappa shape index (κ3) is 3.26. The summed E-state index contributed by atoms with van der Waals surface area (Å²) in [6, 6.07) is 8.00. The molecule has 4 nitrogen and oxygen atoms in total. The van der Waals surface area contributed by atoms with Crippen molar-refractivity contribution in [2.45, 2.75) is 18.9 Å². The Bertz CT molecular complexity index is 763. The number of rotatable bonds is 4. The highest BCUT2D eigenvalue weighted by molar-refractivity contribution is 5.82. The molecule has 0 heterocycles. The van der Waals surface area contributed by atoms with Crippen molar-refractivity contribution in [2.75, 3.05) is 0 Å². The fourth-order valence-corrected chi connectivity index (χ4v) is 2.60. The van der Waals surface area contributed by atoms with Crippen molar-refractivity contribution in [1.29, 1.82) is 0 Å². The van der Waals surface area contributed by atoms with Crippen molar-refractivity contribution in [3.05, 3.63) is 59.2 Å². The van der Waals surface area contributed by atoms with Crippen molar-refractivity contribution >= 4 is 5.91 Å². The van der Waals surface area contributed by atoms with Crippen LogP contribution in [-0.4, -0.2) is 16.1 Å². The normalized spacial score (nSPS) is 19.4. The molecule has 0 unspecified atom stereocenters. The average Bonchev–Trinajstić information content (AvgIpc) is 3.31. The molecule has 23 heavy (non-hydrogen) atoms. The van der Waals surface area contributed by atoms with Gasteiger partial charge in [-0.15, -0.1) is 0 Å². The number of benzene rings is 2. The number of carbonyl (C=O) groups is 1. The highest BCUT2D eigenvalue weighted by Crippen LogP contribution is 2.47. The van der Waals surface area contributed by atoms with Gasteiger partial charge in [0.2, 0.25) is 5.91 Å². The molecule has 1 amide bonds. The first-order valence-electron chi connectivity index (χ1n) is 7.19. The summed E-state index contributed by atoms with van der Waals surface area (Å²) in [4.78, 5) is 12.1. The van der Waals surface area contributed by atoms with Crippen LogP contribution < -0.4 is 5.32 Å². The van der Waals surface area contributed by atoms with E-state index in [0.29, 0.717) is 17.5 Å². The van der Waals surface area contributed by atoms with Gasteiger partial charge in [-0.3, -0.25) is 4.79 Å². The molecule has 1 aliphatic carbocycles. The molecular weight excluding hydrogens is 304 g/mol. The summed E-state index contributed by atoms with van der Waals surface area (Å²) in [7, 11) is 0. The van der Waals surface area contributed by atoms with E-state index in [0.717, 1.165) is 12.1 Å². The van der Waals surface area contributed by atoms with Crippen LogP contribution in [0.2, 0.25) is 0 Å². The highest BCUT2D eigenvalue weighted by Gasteiger charge is 2.44. The lowest BCUT2D eigenvalue weighted by Crippen LogP contribution is -2.24. The second kappa shape index (κ2) is 5.87. The van der Waals surface area contributed by atoms with Crippen LogP contribution in [0.25, 0.3) is 0 Å². The summed E-state index contributed by atoms with van der Waals surface area (Å²) in [5, 5.41) is 21.4. The number of phenols is 2. The third-order valence-electron chi connectivity index (χ3n) is 4.01. The van der Waals surface area contributed by atoms with E-state index in [4.69, 9.17) is 0 Å². The van der Waals surface area contributed by atoms with Crippen LogP contribution in [0, 0.1) is 17.6 Å². The highest BCUT2D eigenvalue weighted by atomic mass is 19.2. The molecule has 2 aromatic rings. The minimum absolute atomic E-state index is 0.0988. The summed E-state index contributed by atoms with van der Waals surface area (Å²) in [6.07, 6.45) is 0.595. The number of phenolic OH excluding ortho intramolecular Hbond substituents is 2. The second-order valence-corrected chi connectivity index (χ2v) is 5.66.